The third-order valence-corrected chi connectivity index (χ3v) is 2.52. The first-order valence-corrected chi connectivity index (χ1v) is 4.58. The molecule has 2 unspecified atom stereocenters. The molecule has 1 heterocycles. The highest BCUT2D eigenvalue weighted by atomic mass is 32.1. The zero-order chi connectivity index (χ0) is 10.7. The van der Waals surface area contributed by atoms with Crippen LogP contribution in [-0.4, -0.2) is 22.2 Å². The number of nitriles is 1. The number of thiophene rings is 1. The van der Waals surface area contributed by atoms with Gasteiger partial charge in [0, 0.05) is 0 Å². The van der Waals surface area contributed by atoms with Crippen LogP contribution in [0.5, 0.6) is 0 Å². The van der Waals surface area contributed by atoms with E-state index in [2.05, 4.69) is 0 Å². The molecular weight excluding hydrogens is 204 g/mol. The van der Waals surface area contributed by atoms with Crippen LogP contribution in [-0.2, 0) is 4.79 Å². The number of aliphatic hydroxyl groups excluding tert-OH is 2. The Morgan fingerprint density at radius 2 is 2.29 bits per heavy atom. The number of carbonyl (C=O) groups excluding carboxylic acids is 1. The largest absolute Gasteiger partial charge is 0.385 e. The van der Waals surface area contributed by atoms with Gasteiger partial charge in [-0.15, -0.1) is 11.3 Å². The Morgan fingerprint density at radius 1 is 1.64 bits per heavy atom. The van der Waals surface area contributed by atoms with Gasteiger partial charge in [-0.05, 0) is 17.0 Å². The van der Waals surface area contributed by atoms with Gasteiger partial charge in [0.2, 0.25) is 5.91 Å². The van der Waals surface area contributed by atoms with E-state index in [1.807, 2.05) is 6.07 Å². The van der Waals surface area contributed by atoms with Crippen LogP contribution >= 0.6 is 11.3 Å². The molecule has 5 nitrogen and oxygen atoms in total. The van der Waals surface area contributed by atoms with Crippen molar-refractivity contribution < 1.29 is 15.0 Å². The molecule has 1 aromatic heterocycles. The molecule has 0 aliphatic rings. The average Bonchev–Trinajstić information content (AvgIpc) is 2.63. The van der Waals surface area contributed by atoms with Gasteiger partial charge in [-0.1, -0.05) is 0 Å². The van der Waals surface area contributed by atoms with Gasteiger partial charge in [0.25, 0.3) is 0 Å². The lowest BCUT2D eigenvalue weighted by atomic mass is 10.1. The Bertz CT molecular complexity index is 382. The second-order valence-corrected chi connectivity index (χ2v) is 3.56. The fourth-order valence-electron chi connectivity index (χ4n) is 0.903. The van der Waals surface area contributed by atoms with E-state index in [0.717, 1.165) is 11.3 Å². The van der Waals surface area contributed by atoms with Crippen molar-refractivity contribution in [2.45, 2.75) is 12.2 Å². The Hall–Kier alpha value is -1.42. The summed E-state index contributed by atoms with van der Waals surface area (Å²) in [6.45, 7) is 0. The molecule has 74 valence electrons. The summed E-state index contributed by atoms with van der Waals surface area (Å²) in [6.07, 6.45) is -3.01. The van der Waals surface area contributed by atoms with E-state index < -0.39 is 18.1 Å². The Morgan fingerprint density at radius 3 is 2.71 bits per heavy atom. The number of primary amides is 1. The smallest absolute Gasteiger partial charge is 0.249 e. The summed E-state index contributed by atoms with van der Waals surface area (Å²) in [4.78, 5) is 10.9. The van der Waals surface area contributed by atoms with Crippen molar-refractivity contribution in [2.75, 3.05) is 0 Å². The summed E-state index contributed by atoms with van der Waals surface area (Å²) >= 11 is 1.12. The zero-order valence-electron chi connectivity index (χ0n) is 7.04. The predicted molar refractivity (Wildman–Crippen MR) is 49.2 cm³/mol. The third-order valence-electron chi connectivity index (χ3n) is 1.66. The van der Waals surface area contributed by atoms with Gasteiger partial charge >= 0.3 is 0 Å². The molecule has 0 aliphatic carbocycles. The van der Waals surface area contributed by atoms with E-state index in [-0.39, 0.29) is 0 Å². The van der Waals surface area contributed by atoms with Crippen molar-refractivity contribution >= 4 is 17.2 Å². The third kappa shape index (κ3) is 2.09. The predicted octanol–water partition coefficient (Wildman–Crippen LogP) is -0.501. The van der Waals surface area contributed by atoms with E-state index >= 15 is 0 Å². The Labute approximate surface area is 84.0 Å². The highest BCUT2D eigenvalue weighted by molar-refractivity contribution is 7.10. The molecule has 0 saturated carbocycles. The summed E-state index contributed by atoms with van der Waals surface area (Å²) in [5, 5.41) is 28.5. The topological polar surface area (TPSA) is 107 Å². The number of nitrogens with zero attached hydrogens (tertiary/aromatic N) is 1. The van der Waals surface area contributed by atoms with E-state index in [1.165, 1.54) is 11.4 Å². The van der Waals surface area contributed by atoms with Gasteiger partial charge in [-0.3, -0.25) is 4.79 Å². The molecule has 0 spiro atoms. The van der Waals surface area contributed by atoms with E-state index in [4.69, 9.17) is 16.1 Å². The summed E-state index contributed by atoms with van der Waals surface area (Å²) in [6, 6.07) is 3.28. The number of hydrogen-bond acceptors (Lipinski definition) is 5. The average molecular weight is 212 g/mol. The van der Waals surface area contributed by atoms with Crippen LogP contribution in [0, 0.1) is 11.3 Å². The first-order valence-electron chi connectivity index (χ1n) is 3.70. The SMILES string of the molecule is N#Cc1cc(C(O)C(O)C(N)=O)cs1. The fraction of sp³-hybridized carbons (Fsp3) is 0.250. The molecular formula is C8H8N2O3S. The second-order valence-electron chi connectivity index (χ2n) is 2.65. The second kappa shape index (κ2) is 4.19. The summed E-state index contributed by atoms with van der Waals surface area (Å²) < 4.78 is 0. The molecule has 1 rings (SSSR count). The van der Waals surface area contributed by atoms with E-state index in [9.17, 15) is 9.90 Å². The van der Waals surface area contributed by atoms with Crippen LogP contribution < -0.4 is 5.73 Å². The van der Waals surface area contributed by atoms with Crippen LogP contribution in [0.2, 0.25) is 0 Å². The standard InChI is InChI=1S/C8H8N2O3S/c9-2-5-1-4(3-14-5)6(11)7(12)8(10)13/h1,3,6-7,11-12H,(H2,10,13). The number of nitrogens with two attached hydrogens (primary N) is 1. The lowest BCUT2D eigenvalue weighted by molar-refractivity contribution is -0.131. The van der Waals surface area contributed by atoms with Crippen molar-refractivity contribution in [2.24, 2.45) is 5.73 Å². The van der Waals surface area contributed by atoms with Crippen molar-refractivity contribution in [1.29, 1.82) is 5.26 Å². The van der Waals surface area contributed by atoms with E-state index in [1.54, 1.807) is 0 Å². The number of rotatable bonds is 3. The molecule has 1 amide bonds. The van der Waals surface area contributed by atoms with E-state index in [0.29, 0.717) is 10.4 Å². The van der Waals surface area contributed by atoms with Crippen molar-refractivity contribution in [1.82, 2.24) is 0 Å². The van der Waals surface area contributed by atoms with Crippen LogP contribution in [0.25, 0.3) is 0 Å². The first-order chi connectivity index (χ1) is 6.56. The van der Waals surface area contributed by atoms with Crippen LogP contribution in [0.1, 0.15) is 16.5 Å². The molecule has 0 saturated heterocycles. The molecule has 14 heavy (non-hydrogen) atoms. The maximum atomic E-state index is 10.5. The van der Waals surface area contributed by atoms with Gasteiger partial charge in [-0.25, -0.2) is 0 Å². The van der Waals surface area contributed by atoms with Crippen LogP contribution in [0.4, 0.5) is 0 Å². The highest BCUT2D eigenvalue weighted by Gasteiger charge is 2.24. The van der Waals surface area contributed by atoms with Gasteiger partial charge in [0.15, 0.2) is 6.10 Å². The molecule has 0 aromatic carbocycles. The Kier molecular flexibility index (Phi) is 3.19. The quantitative estimate of drug-likeness (QED) is 0.627. The molecule has 6 heteroatoms. The summed E-state index contributed by atoms with van der Waals surface area (Å²) in [5.74, 6) is -0.998. The van der Waals surface area contributed by atoms with Crippen molar-refractivity contribution in [3.05, 3.63) is 21.9 Å². The molecule has 0 aliphatic heterocycles. The van der Waals surface area contributed by atoms with Gasteiger partial charge in [0.1, 0.15) is 17.1 Å². The van der Waals surface area contributed by atoms with Gasteiger partial charge < -0.3 is 15.9 Å². The highest BCUT2D eigenvalue weighted by Crippen LogP contribution is 2.22. The fourth-order valence-corrected chi connectivity index (χ4v) is 1.63. The number of aliphatic hydroxyl groups is 2. The number of amides is 1. The summed E-state index contributed by atoms with van der Waals surface area (Å²) in [7, 11) is 0. The minimum atomic E-state index is -1.64. The Balaban J connectivity index is 2.84. The van der Waals surface area contributed by atoms with Gasteiger partial charge in [-0.2, -0.15) is 5.26 Å². The molecule has 1 aromatic rings. The van der Waals surface area contributed by atoms with Crippen molar-refractivity contribution in [3.8, 4) is 6.07 Å². The lowest BCUT2D eigenvalue weighted by Crippen LogP contribution is -2.33. The van der Waals surface area contributed by atoms with Gasteiger partial charge in [0.05, 0.1) is 0 Å². The zero-order valence-corrected chi connectivity index (χ0v) is 7.86. The summed E-state index contributed by atoms with van der Waals surface area (Å²) in [5.41, 5.74) is 5.12. The van der Waals surface area contributed by atoms with Crippen LogP contribution in [0.3, 0.4) is 0 Å². The molecule has 2 atom stereocenters. The molecule has 0 radical (unpaired) electrons. The maximum Gasteiger partial charge on any atom is 0.249 e. The van der Waals surface area contributed by atoms with Crippen molar-refractivity contribution in [3.63, 3.8) is 0 Å². The molecule has 0 bridgehead atoms. The number of carbonyl (C=O) groups is 1. The molecule has 4 N–H and O–H groups in total. The number of hydrogen-bond donors (Lipinski definition) is 3. The first kappa shape index (κ1) is 10.7. The minimum absolute atomic E-state index is 0.317. The monoisotopic (exact) mass is 212 g/mol. The molecule has 0 fully saturated rings. The lowest BCUT2D eigenvalue weighted by Gasteiger charge is -2.12. The maximum absolute atomic E-state index is 10.5. The minimum Gasteiger partial charge on any atom is -0.385 e. The normalized spacial score (nSPS) is 14.4. The van der Waals surface area contributed by atoms with Crippen LogP contribution in [0.15, 0.2) is 11.4 Å².